The van der Waals surface area contributed by atoms with Crippen LogP contribution < -0.4 is 10.1 Å². The molecule has 0 aliphatic rings. The summed E-state index contributed by atoms with van der Waals surface area (Å²) in [6.45, 7) is 0. The van der Waals surface area contributed by atoms with Crippen LogP contribution in [-0.4, -0.2) is 29.1 Å². The minimum atomic E-state index is -1.17. The molecule has 0 aliphatic heterocycles. The molecule has 154 valence electrons. The van der Waals surface area contributed by atoms with E-state index in [4.69, 9.17) is 9.72 Å². The van der Waals surface area contributed by atoms with Crippen molar-refractivity contribution in [3.05, 3.63) is 96.1 Å². The van der Waals surface area contributed by atoms with Crippen LogP contribution in [0.4, 0.5) is 0 Å². The average Bonchev–Trinajstić information content (AvgIpc) is 2.82. The molecule has 0 saturated carbocycles. The largest absolute Gasteiger partial charge is 0.497 e. The topological polar surface area (TPSA) is 88.5 Å². The van der Waals surface area contributed by atoms with Crippen LogP contribution in [-0.2, 0) is 4.79 Å². The zero-order valence-electron chi connectivity index (χ0n) is 16.8. The Morgan fingerprint density at radius 2 is 1.61 bits per heavy atom. The Morgan fingerprint density at radius 1 is 0.935 bits per heavy atom. The van der Waals surface area contributed by atoms with Gasteiger partial charge in [0.1, 0.15) is 5.75 Å². The van der Waals surface area contributed by atoms with Crippen molar-refractivity contribution in [2.45, 2.75) is 6.04 Å². The molecule has 3 aromatic carbocycles. The van der Waals surface area contributed by atoms with Crippen LogP contribution in [0, 0.1) is 0 Å². The van der Waals surface area contributed by atoms with Crippen molar-refractivity contribution < 1.29 is 19.4 Å². The summed E-state index contributed by atoms with van der Waals surface area (Å²) in [7, 11) is 1.56. The molecule has 6 nitrogen and oxygen atoms in total. The summed E-state index contributed by atoms with van der Waals surface area (Å²) < 4.78 is 5.30. The smallest absolute Gasteiger partial charge is 0.330 e. The summed E-state index contributed by atoms with van der Waals surface area (Å²) in [4.78, 5) is 29.8. The van der Waals surface area contributed by atoms with Crippen LogP contribution in [0.3, 0.4) is 0 Å². The lowest BCUT2D eigenvalue weighted by Crippen LogP contribution is -2.33. The number of amides is 1. The highest BCUT2D eigenvalue weighted by Gasteiger charge is 2.24. The number of aliphatic carboxylic acids is 1. The highest BCUT2D eigenvalue weighted by Crippen LogP contribution is 2.28. The van der Waals surface area contributed by atoms with Crippen LogP contribution in [0.15, 0.2) is 84.9 Å². The number of nitrogens with one attached hydrogen (secondary N) is 1. The van der Waals surface area contributed by atoms with Crippen molar-refractivity contribution >= 4 is 22.8 Å². The molecule has 1 atom stereocenters. The van der Waals surface area contributed by atoms with Gasteiger partial charge in [-0.2, -0.15) is 0 Å². The van der Waals surface area contributed by atoms with Crippen molar-refractivity contribution in [2.75, 3.05) is 7.11 Å². The third kappa shape index (κ3) is 4.23. The molecule has 6 heteroatoms. The van der Waals surface area contributed by atoms with Gasteiger partial charge < -0.3 is 15.2 Å². The van der Waals surface area contributed by atoms with Crippen LogP contribution in [0.25, 0.3) is 22.2 Å². The summed E-state index contributed by atoms with van der Waals surface area (Å²) in [6.07, 6.45) is 0. The van der Waals surface area contributed by atoms with Gasteiger partial charge in [0.2, 0.25) is 0 Å². The number of carbonyl (C=O) groups is 2. The van der Waals surface area contributed by atoms with E-state index in [0.29, 0.717) is 33.5 Å². The zero-order valence-corrected chi connectivity index (χ0v) is 16.8. The highest BCUT2D eigenvalue weighted by atomic mass is 16.5. The fourth-order valence-electron chi connectivity index (χ4n) is 3.42. The normalized spacial score (nSPS) is 11.6. The number of hydrogen-bond acceptors (Lipinski definition) is 4. The first-order chi connectivity index (χ1) is 15.1. The first kappa shape index (κ1) is 20.1. The number of nitrogens with zero attached hydrogens (tertiary/aromatic N) is 1. The van der Waals surface area contributed by atoms with E-state index < -0.39 is 17.9 Å². The predicted molar refractivity (Wildman–Crippen MR) is 118 cm³/mol. The number of pyridine rings is 1. The lowest BCUT2D eigenvalue weighted by Gasteiger charge is -2.16. The summed E-state index contributed by atoms with van der Waals surface area (Å²) in [5.74, 6) is -1.02. The van der Waals surface area contributed by atoms with Crippen molar-refractivity contribution in [3.8, 4) is 17.0 Å². The lowest BCUT2D eigenvalue weighted by molar-refractivity contribution is -0.139. The Morgan fingerprint density at radius 3 is 2.26 bits per heavy atom. The fourth-order valence-corrected chi connectivity index (χ4v) is 3.42. The number of methoxy groups -OCH3 is 1. The van der Waals surface area contributed by atoms with Crippen molar-refractivity contribution in [2.24, 2.45) is 0 Å². The second kappa shape index (κ2) is 8.67. The number of fused-ring (bicyclic) bond motifs is 1. The maximum Gasteiger partial charge on any atom is 0.330 e. The molecule has 1 heterocycles. The standard InChI is InChI=1S/C25H20N2O4/c1-31-18-12-13-19-20(15-21(26-22(19)14-18)16-8-4-2-5-9-16)24(28)27-23(25(29)30)17-10-6-3-7-11-17/h2-15,23H,1H3,(H,27,28)(H,29,30). The number of ether oxygens (including phenoxy) is 1. The molecule has 31 heavy (non-hydrogen) atoms. The molecule has 0 radical (unpaired) electrons. The van der Waals surface area contributed by atoms with E-state index in [1.165, 1.54) is 0 Å². The molecule has 0 fully saturated rings. The molecule has 0 saturated heterocycles. The van der Waals surface area contributed by atoms with Gasteiger partial charge in [-0.05, 0) is 23.8 Å². The molecular weight excluding hydrogens is 392 g/mol. The zero-order chi connectivity index (χ0) is 21.8. The van der Waals surface area contributed by atoms with E-state index >= 15 is 0 Å². The van der Waals surface area contributed by atoms with Gasteiger partial charge in [0, 0.05) is 17.0 Å². The SMILES string of the molecule is COc1ccc2c(C(=O)NC(C(=O)O)c3ccccc3)cc(-c3ccccc3)nc2c1. The van der Waals surface area contributed by atoms with Gasteiger partial charge in [-0.15, -0.1) is 0 Å². The van der Waals surface area contributed by atoms with Gasteiger partial charge >= 0.3 is 5.97 Å². The molecule has 1 aromatic heterocycles. The van der Waals surface area contributed by atoms with Crippen molar-refractivity contribution in [1.82, 2.24) is 10.3 Å². The van der Waals surface area contributed by atoms with Gasteiger partial charge in [-0.25, -0.2) is 9.78 Å². The van der Waals surface area contributed by atoms with Gasteiger partial charge in [-0.3, -0.25) is 4.79 Å². The minimum absolute atomic E-state index is 0.341. The van der Waals surface area contributed by atoms with E-state index in [9.17, 15) is 14.7 Å². The second-order valence-electron chi connectivity index (χ2n) is 6.96. The Hall–Kier alpha value is -4.19. The molecule has 1 amide bonds. The fraction of sp³-hybridized carbons (Fsp3) is 0.0800. The molecule has 0 bridgehead atoms. The van der Waals surface area contributed by atoms with Crippen molar-refractivity contribution in [1.29, 1.82) is 0 Å². The maximum absolute atomic E-state index is 13.3. The van der Waals surface area contributed by atoms with Crippen LogP contribution in [0.1, 0.15) is 22.0 Å². The Labute approximate surface area is 179 Å². The predicted octanol–water partition coefficient (Wildman–Crippen LogP) is 4.47. The molecule has 4 aromatic rings. The highest BCUT2D eigenvalue weighted by molar-refractivity contribution is 6.08. The number of hydrogen-bond donors (Lipinski definition) is 2. The van der Waals surface area contributed by atoms with Gasteiger partial charge in [0.05, 0.1) is 23.9 Å². The summed E-state index contributed by atoms with van der Waals surface area (Å²) >= 11 is 0. The molecule has 0 aliphatic carbocycles. The summed E-state index contributed by atoms with van der Waals surface area (Å²) in [5.41, 5.74) is 2.87. The Balaban J connectivity index is 1.81. The van der Waals surface area contributed by atoms with Crippen LogP contribution in [0.2, 0.25) is 0 Å². The number of carboxylic acids is 1. The second-order valence-corrected chi connectivity index (χ2v) is 6.96. The number of aromatic nitrogens is 1. The summed E-state index contributed by atoms with van der Waals surface area (Å²) in [6, 6.07) is 23.9. The molecule has 2 N–H and O–H groups in total. The quantitative estimate of drug-likeness (QED) is 0.488. The van der Waals surface area contributed by atoms with E-state index in [0.717, 1.165) is 5.56 Å². The minimum Gasteiger partial charge on any atom is -0.497 e. The van der Waals surface area contributed by atoms with Crippen LogP contribution >= 0.6 is 0 Å². The Kier molecular flexibility index (Phi) is 5.62. The molecule has 0 spiro atoms. The number of carbonyl (C=O) groups excluding carboxylic acids is 1. The molecule has 4 rings (SSSR count). The van der Waals surface area contributed by atoms with Gasteiger partial charge in [-0.1, -0.05) is 60.7 Å². The van der Waals surface area contributed by atoms with Crippen LogP contribution in [0.5, 0.6) is 5.75 Å². The first-order valence-electron chi connectivity index (χ1n) is 9.69. The monoisotopic (exact) mass is 412 g/mol. The van der Waals surface area contributed by atoms with E-state index in [1.807, 2.05) is 30.3 Å². The Bertz CT molecular complexity index is 1240. The third-order valence-electron chi connectivity index (χ3n) is 4.99. The lowest BCUT2D eigenvalue weighted by atomic mass is 10.0. The van der Waals surface area contributed by atoms with E-state index in [2.05, 4.69) is 5.32 Å². The van der Waals surface area contributed by atoms with Gasteiger partial charge in [0.25, 0.3) is 5.91 Å². The van der Waals surface area contributed by atoms with Gasteiger partial charge in [0.15, 0.2) is 6.04 Å². The number of carboxylic acid groups (broad SMARTS) is 1. The summed E-state index contributed by atoms with van der Waals surface area (Å²) in [5, 5.41) is 13.0. The molecular formula is C25H20N2O4. The third-order valence-corrected chi connectivity index (χ3v) is 4.99. The first-order valence-corrected chi connectivity index (χ1v) is 9.69. The molecule has 1 unspecified atom stereocenters. The van der Waals surface area contributed by atoms with Crippen molar-refractivity contribution in [3.63, 3.8) is 0 Å². The maximum atomic E-state index is 13.3. The average molecular weight is 412 g/mol. The van der Waals surface area contributed by atoms with E-state index in [-0.39, 0.29) is 0 Å². The number of rotatable bonds is 6. The number of benzene rings is 3. The van der Waals surface area contributed by atoms with E-state index in [1.54, 1.807) is 61.7 Å².